The van der Waals surface area contributed by atoms with Crippen molar-refractivity contribution in [1.29, 1.82) is 0 Å². The van der Waals surface area contributed by atoms with E-state index in [0.717, 1.165) is 28.9 Å². The molecule has 0 aliphatic carbocycles. The quantitative estimate of drug-likeness (QED) is 0.876. The minimum absolute atomic E-state index is 0.140. The Morgan fingerprint density at radius 1 is 0.955 bits per heavy atom. The molecule has 116 valence electrons. The first-order valence-electron chi connectivity index (χ1n) is 7.02. The Kier molecular flexibility index (Phi) is 5.09. The second-order valence-electron chi connectivity index (χ2n) is 5.15. The van der Waals surface area contributed by atoms with Gasteiger partial charge in [-0.05, 0) is 55.3 Å². The van der Waals surface area contributed by atoms with E-state index in [2.05, 4.69) is 10.6 Å². The van der Waals surface area contributed by atoms with Crippen LogP contribution in [-0.2, 0) is 4.79 Å². The number of carbonyl (C=O) groups excluding carboxylic acids is 1. The van der Waals surface area contributed by atoms with Gasteiger partial charge in [0.2, 0.25) is 5.91 Å². The van der Waals surface area contributed by atoms with Crippen molar-refractivity contribution in [3.05, 3.63) is 59.2 Å². The molecular formula is C17H18F2N2O. The van der Waals surface area contributed by atoms with E-state index < -0.39 is 11.6 Å². The second-order valence-corrected chi connectivity index (χ2v) is 5.15. The third-order valence-corrected chi connectivity index (χ3v) is 3.39. The predicted octanol–water partition coefficient (Wildman–Crippen LogP) is 4.02. The molecular weight excluding hydrogens is 286 g/mol. The van der Waals surface area contributed by atoms with Gasteiger partial charge in [-0.2, -0.15) is 0 Å². The number of nitrogens with one attached hydrogen (secondary N) is 2. The average molecular weight is 304 g/mol. The standard InChI is InChI=1S/C17H18F2N2O/c1-11-3-4-14(9-12(11)2)21-17(22)7-8-20-13-5-6-15(18)16(19)10-13/h3-6,9-10,20H,7-8H2,1-2H3,(H,21,22). The summed E-state index contributed by atoms with van der Waals surface area (Å²) in [6, 6.07) is 9.26. The van der Waals surface area contributed by atoms with Gasteiger partial charge >= 0.3 is 0 Å². The lowest BCUT2D eigenvalue weighted by Crippen LogP contribution is -2.16. The highest BCUT2D eigenvalue weighted by atomic mass is 19.2. The molecule has 2 aromatic carbocycles. The van der Waals surface area contributed by atoms with Crippen molar-refractivity contribution in [3.8, 4) is 0 Å². The molecule has 2 rings (SSSR count). The fourth-order valence-electron chi connectivity index (χ4n) is 1.97. The first-order valence-corrected chi connectivity index (χ1v) is 7.02. The lowest BCUT2D eigenvalue weighted by molar-refractivity contribution is -0.115. The van der Waals surface area contributed by atoms with Crippen LogP contribution in [0, 0.1) is 25.5 Å². The average Bonchev–Trinajstić information content (AvgIpc) is 2.47. The zero-order valence-corrected chi connectivity index (χ0v) is 12.5. The van der Waals surface area contributed by atoms with Crippen molar-refractivity contribution in [1.82, 2.24) is 0 Å². The van der Waals surface area contributed by atoms with Crippen LogP contribution in [0.1, 0.15) is 17.5 Å². The fraction of sp³-hybridized carbons (Fsp3) is 0.235. The lowest BCUT2D eigenvalue weighted by atomic mass is 10.1. The predicted molar refractivity (Wildman–Crippen MR) is 84.0 cm³/mol. The van der Waals surface area contributed by atoms with Gasteiger partial charge in [0.1, 0.15) is 0 Å². The van der Waals surface area contributed by atoms with E-state index in [4.69, 9.17) is 0 Å². The van der Waals surface area contributed by atoms with Crippen LogP contribution in [0.15, 0.2) is 36.4 Å². The molecule has 0 atom stereocenters. The van der Waals surface area contributed by atoms with Crippen LogP contribution < -0.4 is 10.6 Å². The summed E-state index contributed by atoms with van der Waals surface area (Å²) in [5, 5.41) is 5.69. The molecule has 0 radical (unpaired) electrons. The van der Waals surface area contributed by atoms with Crippen molar-refractivity contribution >= 4 is 17.3 Å². The number of carbonyl (C=O) groups is 1. The van der Waals surface area contributed by atoms with Crippen molar-refractivity contribution < 1.29 is 13.6 Å². The highest BCUT2D eigenvalue weighted by Crippen LogP contribution is 2.15. The molecule has 22 heavy (non-hydrogen) atoms. The molecule has 0 aliphatic rings. The van der Waals surface area contributed by atoms with E-state index in [0.29, 0.717) is 12.2 Å². The maximum absolute atomic E-state index is 13.0. The lowest BCUT2D eigenvalue weighted by Gasteiger charge is -2.09. The molecule has 2 N–H and O–H groups in total. The smallest absolute Gasteiger partial charge is 0.226 e. The van der Waals surface area contributed by atoms with Crippen molar-refractivity contribution in [2.24, 2.45) is 0 Å². The fourth-order valence-corrected chi connectivity index (χ4v) is 1.97. The third kappa shape index (κ3) is 4.28. The number of aryl methyl sites for hydroxylation is 2. The summed E-state index contributed by atoms with van der Waals surface area (Å²) in [5.74, 6) is -1.94. The van der Waals surface area contributed by atoms with Gasteiger partial charge in [-0.15, -0.1) is 0 Å². The number of benzene rings is 2. The molecule has 0 spiro atoms. The summed E-state index contributed by atoms with van der Waals surface area (Å²) in [7, 11) is 0. The van der Waals surface area contributed by atoms with Crippen LogP contribution in [0.3, 0.4) is 0 Å². The van der Waals surface area contributed by atoms with Crippen molar-refractivity contribution in [3.63, 3.8) is 0 Å². The van der Waals surface area contributed by atoms with Gasteiger partial charge in [0, 0.05) is 24.3 Å². The molecule has 5 heteroatoms. The monoisotopic (exact) mass is 304 g/mol. The van der Waals surface area contributed by atoms with Gasteiger partial charge in [-0.1, -0.05) is 6.07 Å². The Balaban J connectivity index is 1.82. The first-order chi connectivity index (χ1) is 10.5. The van der Waals surface area contributed by atoms with Crippen LogP contribution in [0.25, 0.3) is 0 Å². The summed E-state index contributed by atoms with van der Waals surface area (Å²) < 4.78 is 25.8. The molecule has 3 nitrogen and oxygen atoms in total. The Bertz CT molecular complexity index is 686. The van der Waals surface area contributed by atoms with Gasteiger partial charge in [0.15, 0.2) is 11.6 Å². The zero-order valence-electron chi connectivity index (χ0n) is 12.5. The van der Waals surface area contributed by atoms with Crippen LogP contribution in [0.4, 0.5) is 20.2 Å². The highest BCUT2D eigenvalue weighted by molar-refractivity contribution is 5.91. The van der Waals surface area contributed by atoms with Crippen molar-refractivity contribution in [2.45, 2.75) is 20.3 Å². The maximum Gasteiger partial charge on any atom is 0.226 e. The molecule has 0 fully saturated rings. The molecule has 2 aromatic rings. The SMILES string of the molecule is Cc1ccc(NC(=O)CCNc2ccc(F)c(F)c2)cc1C. The summed E-state index contributed by atoms with van der Waals surface area (Å²) in [4.78, 5) is 11.8. The van der Waals surface area contributed by atoms with Crippen LogP contribution in [0.2, 0.25) is 0 Å². The van der Waals surface area contributed by atoms with Gasteiger partial charge in [-0.3, -0.25) is 4.79 Å². The second kappa shape index (κ2) is 7.02. The van der Waals surface area contributed by atoms with Gasteiger partial charge in [0.05, 0.1) is 0 Å². The Hall–Kier alpha value is -2.43. The van der Waals surface area contributed by atoms with E-state index in [9.17, 15) is 13.6 Å². The summed E-state index contributed by atoms with van der Waals surface area (Å²) in [6.07, 6.45) is 0.228. The van der Waals surface area contributed by atoms with Crippen molar-refractivity contribution in [2.75, 3.05) is 17.2 Å². The van der Waals surface area contributed by atoms with Gasteiger partial charge < -0.3 is 10.6 Å². The minimum atomic E-state index is -0.912. The Morgan fingerprint density at radius 3 is 2.36 bits per heavy atom. The maximum atomic E-state index is 13.0. The summed E-state index contributed by atoms with van der Waals surface area (Å²) in [5.41, 5.74) is 3.47. The normalized spacial score (nSPS) is 10.4. The molecule has 0 aliphatic heterocycles. The molecule has 1 amide bonds. The van der Waals surface area contributed by atoms with Crippen LogP contribution in [-0.4, -0.2) is 12.5 Å². The topological polar surface area (TPSA) is 41.1 Å². The van der Waals surface area contributed by atoms with Crippen LogP contribution >= 0.6 is 0 Å². The molecule has 0 bridgehead atoms. The number of rotatable bonds is 5. The first kappa shape index (κ1) is 15.9. The van der Waals surface area contributed by atoms with Crippen LogP contribution in [0.5, 0.6) is 0 Å². The largest absolute Gasteiger partial charge is 0.384 e. The van der Waals surface area contributed by atoms with E-state index in [1.165, 1.54) is 6.07 Å². The van der Waals surface area contributed by atoms with E-state index in [1.54, 1.807) is 0 Å². The Morgan fingerprint density at radius 2 is 1.68 bits per heavy atom. The number of hydrogen-bond acceptors (Lipinski definition) is 2. The number of anilines is 2. The van der Waals surface area contributed by atoms with E-state index in [-0.39, 0.29) is 12.3 Å². The number of halogens is 2. The number of amides is 1. The van der Waals surface area contributed by atoms with E-state index in [1.807, 2.05) is 32.0 Å². The Labute approximate surface area is 128 Å². The molecule has 0 unspecified atom stereocenters. The number of hydrogen-bond donors (Lipinski definition) is 2. The zero-order chi connectivity index (χ0) is 16.1. The summed E-state index contributed by atoms with van der Waals surface area (Å²) in [6.45, 7) is 4.32. The molecule has 0 heterocycles. The minimum Gasteiger partial charge on any atom is -0.384 e. The summed E-state index contributed by atoms with van der Waals surface area (Å²) >= 11 is 0. The highest BCUT2D eigenvalue weighted by Gasteiger charge is 2.05. The van der Waals surface area contributed by atoms with Gasteiger partial charge in [-0.25, -0.2) is 8.78 Å². The van der Waals surface area contributed by atoms with Gasteiger partial charge in [0.25, 0.3) is 0 Å². The molecule has 0 saturated heterocycles. The van der Waals surface area contributed by atoms with E-state index >= 15 is 0 Å². The molecule has 0 saturated carbocycles. The molecule has 0 aromatic heterocycles. The third-order valence-electron chi connectivity index (χ3n) is 3.39.